The van der Waals surface area contributed by atoms with Gasteiger partial charge in [0.15, 0.2) is 0 Å². The highest BCUT2D eigenvalue weighted by Gasteiger charge is 2.21. The molecule has 0 bridgehead atoms. The van der Waals surface area contributed by atoms with Crippen LogP contribution < -0.4 is 5.73 Å². The SMILES string of the molecule is C=C(C)CCCC(N)(CO)CO. The van der Waals surface area contributed by atoms with Gasteiger partial charge in [0, 0.05) is 0 Å². The lowest BCUT2D eigenvalue weighted by Crippen LogP contribution is -2.47. The lowest BCUT2D eigenvalue weighted by Gasteiger charge is -2.24. The van der Waals surface area contributed by atoms with Gasteiger partial charge in [0.25, 0.3) is 0 Å². The van der Waals surface area contributed by atoms with Crippen LogP contribution in [0.3, 0.4) is 0 Å². The van der Waals surface area contributed by atoms with Crippen LogP contribution in [0.4, 0.5) is 0 Å². The Morgan fingerprint density at radius 1 is 1.42 bits per heavy atom. The molecular weight excluding hydrogens is 154 g/mol. The fourth-order valence-electron chi connectivity index (χ4n) is 0.950. The van der Waals surface area contributed by atoms with E-state index in [4.69, 9.17) is 15.9 Å². The van der Waals surface area contributed by atoms with E-state index in [0.717, 1.165) is 18.4 Å². The Kier molecular flexibility index (Phi) is 5.13. The van der Waals surface area contributed by atoms with Crippen molar-refractivity contribution in [2.45, 2.75) is 31.7 Å². The summed E-state index contributed by atoms with van der Waals surface area (Å²) in [5, 5.41) is 17.7. The van der Waals surface area contributed by atoms with Crippen LogP contribution in [-0.2, 0) is 0 Å². The van der Waals surface area contributed by atoms with Crippen molar-refractivity contribution in [1.29, 1.82) is 0 Å². The Morgan fingerprint density at radius 2 is 1.92 bits per heavy atom. The van der Waals surface area contributed by atoms with E-state index in [-0.39, 0.29) is 13.2 Å². The molecule has 0 fully saturated rings. The van der Waals surface area contributed by atoms with Crippen molar-refractivity contribution >= 4 is 0 Å². The maximum absolute atomic E-state index is 8.84. The predicted octanol–water partition coefficient (Wildman–Crippen LogP) is 0.415. The number of hydrogen-bond acceptors (Lipinski definition) is 3. The van der Waals surface area contributed by atoms with Gasteiger partial charge in [-0.25, -0.2) is 0 Å². The van der Waals surface area contributed by atoms with E-state index in [1.807, 2.05) is 6.92 Å². The number of hydrogen-bond donors (Lipinski definition) is 3. The molecule has 3 nitrogen and oxygen atoms in total. The Labute approximate surface area is 73.9 Å². The van der Waals surface area contributed by atoms with E-state index in [1.54, 1.807) is 0 Å². The van der Waals surface area contributed by atoms with Gasteiger partial charge in [-0.05, 0) is 26.2 Å². The maximum atomic E-state index is 8.84. The number of rotatable bonds is 6. The van der Waals surface area contributed by atoms with Crippen LogP contribution in [0.5, 0.6) is 0 Å². The number of nitrogens with two attached hydrogens (primary N) is 1. The topological polar surface area (TPSA) is 66.5 Å². The first-order valence-electron chi connectivity index (χ1n) is 4.19. The molecule has 0 rings (SSSR count). The fourth-order valence-corrected chi connectivity index (χ4v) is 0.950. The summed E-state index contributed by atoms with van der Waals surface area (Å²) in [4.78, 5) is 0. The minimum absolute atomic E-state index is 0.167. The Balaban J connectivity index is 3.65. The smallest absolute Gasteiger partial charge is 0.0633 e. The van der Waals surface area contributed by atoms with E-state index in [0.29, 0.717) is 6.42 Å². The summed E-state index contributed by atoms with van der Waals surface area (Å²) in [6, 6.07) is 0. The third kappa shape index (κ3) is 4.49. The lowest BCUT2D eigenvalue weighted by molar-refractivity contribution is 0.113. The van der Waals surface area contributed by atoms with Crippen LogP contribution in [0.15, 0.2) is 12.2 Å². The summed E-state index contributed by atoms with van der Waals surface area (Å²) >= 11 is 0. The van der Waals surface area contributed by atoms with Gasteiger partial charge < -0.3 is 15.9 Å². The van der Waals surface area contributed by atoms with Crippen LogP contribution in [0, 0.1) is 0 Å². The Hall–Kier alpha value is -0.380. The molecule has 0 radical (unpaired) electrons. The van der Waals surface area contributed by atoms with Crippen molar-refractivity contribution in [1.82, 2.24) is 0 Å². The van der Waals surface area contributed by atoms with Crippen LogP contribution in [0.2, 0.25) is 0 Å². The Morgan fingerprint density at radius 3 is 2.25 bits per heavy atom. The molecule has 0 atom stereocenters. The standard InChI is InChI=1S/C9H19NO2/c1-8(2)4-3-5-9(10,6-11)7-12/h11-12H,1,3-7,10H2,2H3. The van der Waals surface area contributed by atoms with Crippen LogP contribution in [0.1, 0.15) is 26.2 Å². The molecule has 12 heavy (non-hydrogen) atoms. The van der Waals surface area contributed by atoms with E-state index in [2.05, 4.69) is 6.58 Å². The average molecular weight is 173 g/mol. The van der Waals surface area contributed by atoms with Gasteiger partial charge in [-0.2, -0.15) is 0 Å². The zero-order chi connectivity index (χ0) is 9.61. The fraction of sp³-hybridized carbons (Fsp3) is 0.778. The Bertz CT molecular complexity index is 141. The highest BCUT2D eigenvalue weighted by atomic mass is 16.3. The summed E-state index contributed by atoms with van der Waals surface area (Å²) in [6.07, 6.45) is 2.40. The molecule has 4 N–H and O–H groups in total. The molecule has 0 aromatic heterocycles. The highest BCUT2D eigenvalue weighted by Crippen LogP contribution is 2.12. The number of aliphatic hydroxyl groups is 2. The van der Waals surface area contributed by atoms with Crippen molar-refractivity contribution in [3.05, 3.63) is 12.2 Å². The van der Waals surface area contributed by atoms with Gasteiger partial charge in [-0.15, -0.1) is 6.58 Å². The monoisotopic (exact) mass is 173 g/mol. The highest BCUT2D eigenvalue weighted by molar-refractivity contribution is 4.90. The van der Waals surface area contributed by atoms with Gasteiger partial charge in [-0.1, -0.05) is 5.57 Å². The van der Waals surface area contributed by atoms with Gasteiger partial charge in [0.05, 0.1) is 18.8 Å². The summed E-state index contributed by atoms with van der Waals surface area (Å²) in [7, 11) is 0. The summed E-state index contributed by atoms with van der Waals surface area (Å²) < 4.78 is 0. The molecule has 0 aromatic rings. The van der Waals surface area contributed by atoms with E-state index >= 15 is 0 Å². The van der Waals surface area contributed by atoms with Crippen molar-refractivity contribution < 1.29 is 10.2 Å². The molecule has 0 saturated carbocycles. The molecule has 72 valence electrons. The normalized spacial score (nSPS) is 11.7. The first kappa shape index (κ1) is 11.6. The third-order valence-corrected chi connectivity index (χ3v) is 1.91. The second-order valence-corrected chi connectivity index (χ2v) is 3.49. The zero-order valence-corrected chi connectivity index (χ0v) is 7.71. The quantitative estimate of drug-likeness (QED) is 0.510. The molecule has 0 heterocycles. The van der Waals surface area contributed by atoms with E-state index in [9.17, 15) is 0 Å². The lowest BCUT2D eigenvalue weighted by atomic mass is 9.95. The molecule has 3 heteroatoms. The molecule has 0 amide bonds. The first-order valence-corrected chi connectivity index (χ1v) is 4.19. The van der Waals surface area contributed by atoms with Gasteiger partial charge >= 0.3 is 0 Å². The van der Waals surface area contributed by atoms with Crippen molar-refractivity contribution in [2.75, 3.05) is 13.2 Å². The summed E-state index contributed by atoms with van der Waals surface area (Å²) in [6.45, 7) is 5.38. The molecular formula is C9H19NO2. The molecule has 0 spiro atoms. The predicted molar refractivity (Wildman–Crippen MR) is 49.8 cm³/mol. The van der Waals surface area contributed by atoms with Gasteiger partial charge in [0.2, 0.25) is 0 Å². The largest absolute Gasteiger partial charge is 0.394 e. The second kappa shape index (κ2) is 5.30. The molecule has 0 aromatic carbocycles. The minimum atomic E-state index is -0.810. The van der Waals surface area contributed by atoms with Gasteiger partial charge in [-0.3, -0.25) is 0 Å². The maximum Gasteiger partial charge on any atom is 0.0633 e. The van der Waals surface area contributed by atoms with Crippen molar-refractivity contribution in [3.63, 3.8) is 0 Å². The zero-order valence-electron chi connectivity index (χ0n) is 7.71. The van der Waals surface area contributed by atoms with Crippen molar-refractivity contribution in [2.24, 2.45) is 5.73 Å². The van der Waals surface area contributed by atoms with Crippen LogP contribution in [0.25, 0.3) is 0 Å². The first-order chi connectivity index (χ1) is 5.54. The van der Waals surface area contributed by atoms with Crippen LogP contribution in [-0.4, -0.2) is 29.0 Å². The van der Waals surface area contributed by atoms with E-state index < -0.39 is 5.54 Å². The molecule has 0 saturated heterocycles. The van der Waals surface area contributed by atoms with Crippen molar-refractivity contribution in [3.8, 4) is 0 Å². The van der Waals surface area contributed by atoms with Gasteiger partial charge in [0.1, 0.15) is 0 Å². The minimum Gasteiger partial charge on any atom is -0.394 e. The van der Waals surface area contributed by atoms with Crippen LogP contribution >= 0.6 is 0 Å². The second-order valence-electron chi connectivity index (χ2n) is 3.49. The summed E-state index contributed by atoms with van der Waals surface area (Å²) in [5.41, 5.74) is 5.95. The molecule has 0 aliphatic heterocycles. The molecule has 0 unspecified atom stereocenters. The van der Waals surface area contributed by atoms with E-state index in [1.165, 1.54) is 0 Å². The molecule has 0 aliphatic rings. The number of aliphatic hydroxyl groups excluding tert-OH is 2. The molecule has 0 aliphatic carbocycles. The number of allylic oxidation sites excluding steroid dienone is 1. The average Bonchev–Trinajstić information content (AvgIpc) is 2.03. The summed E-state index contributed by atoms with van der Waals surface area (Å²) in [5.74, 6) is 0. The third-order valence-electron chi connectivity index (χ3n) is 1.91.